The van der Waals surface area contributed by atoms with Crippen molar-refractivity contribution in [1.29, 1.82) is 0 Å². The summed E-state index contributed by atoms with van der Waals surface area (Å²) in [4.78, 5) is 38.7. The molecule has 9 heteroatoms. The van der Waals surface area contributed by atoms with Crippen molar-refractivity contribution in [2.75, 3.05) is 16.1 Å². The first-order valence-electron chi connectivity index (χ1n) is 10.7. The second kappa shape index (κ2) is 9.82. The molecule has 3 amide bonds. The third kappa shape index (κ3) is 5.31. The minimum atomic E-state index is -0.940. The Balaban J connectivity index is 1.65. The van der Waals surface area contributed by atoms with E-state index in [2.05, 4.69) is 16.1 Å². The number of amides is 3. The Kier molecular flexibility index (Phi) is 6.82. The Bertz CT molecular complexity index is 1470. The number of anilines is 2. The standard InChI is InChI=1S/C26H22Cl2N4O3/c1-14-9-15(2)11-19(10-14)29-25(34)26(35)31-32-22-8-7-18(27)12-17(22)13-23(32)24(33)30-21-6-4-5-20(28)16(21)3/h4-13H,1-3H3,(H,29,34)(H,30,33)(H,31,35). The van der Waals surface area contributed by atoms with Gasteiger partial charge in [-0.25, -0.2) is 4.68 Å². The summed E-state index contributed by atoms with van der Waals surface area (Å²) in [6.07, 6.45) is 0. The summed E-state index contributed by atoms with van der Waals surface area (Å²) in [5.41, 5.74) is 6.75. The van der Waals surface area contributed by atoms with E-state index in [0.717, 1.165) is 11.1 Å². The van der Waals surface area contributed by atoms with Crippen LogP contribution in [0.3, 0.4) is 0 Å². The average Bonchev–Trinajstić information content (AvgIpc) is 3.13. The van der Waals surface area contributed by atoms with Crippen molar-refractivity contribution in [3.8, 4) is 0 Å². The van der Waals surface area contributed by atoms with Crippen molar-refractivity contribution >= 4 is 63.2 Å². The van der Waals surface area contributed by atoms with Crippen LogP contribution in [0.25, 0.3) is 10.9 Å². The molecule has 0 aliphatic heterocycles. The van der Waals surface area contributed by atoms with Gasteiger partial charge in [0, 0.05) is 26.8 Å². The minimum absolute atomic E-state index is 0.106. The van der Waals surface area contributed by atoms with E-state index in [9.17, 15) is 14.4 Å². The molecule has 0 aliphatic carbocycles. The van der Waals surface area contributed by atoms with Crippen LogP contribution in [0.15, 0.2) is 60.7 Å². The van der Waals surface area contributed by atoms with Crippen LogP contribution in [-0.2, 0) is 9.59 Å². The molecule has 0 saturated heterocycles. The van der Waals surface area contributed by atoms with Gasteiger partial charge in [-0.15, -0.1) is 0 Å². The second-order valence-corrected chi connectivity index (χ2v) is 9.05. The zero-order valence-electron chi connectivity index (χ0n) is 19.2. The van der Waals surface area contributed by atoms with Gasteiger partial charge in [0.2, 0.25) is 0 Å². The van der Waals surface area contributed by atoms with Gasteiger partial charge in [0.05, 0.1) is 5.52 Å². The van der Waals surface area contributed by atoms with Crippen molar-refractivity contribution in [3.63, 3.8) is 0 Å². The zero-order valence-corrected chi connectivity index (χ0v) is 20.7. The fraction of sp³-hybridized carbons (Fsp3) is 0.115. The molecular weight excluding hydrogens is 487 g/mol. The van der Waals surface area contributed by atoms with E-state index in [-0.39, 0.29) is 5.69 Å². The maximum atomic E-state index is 13.2. The lowest BCUT2D eigenvalue weighted by Crippen LogP contribution is -2.36. The van der Waals surface area contributed by atoms with Gasteiger partial charge in [0.25, 0.3) is 5.91 Å². The van der Waals surface area contributed by atoms with Crippen molar-refractivity contribution in [1.82, 2.24) is 4.68 Å². The van der Waals surface area contributed by atoms with Crippen LogP contribution in [0.5, 0.6) is 0 Å². The highest BCUT2D eigenvalue weighted by Gasteiger charge is 2.22. The van der Waals surface area contributed by atoms with Crippen LogP contribution < -0.4 is 16.1 Å². The van der Waals surface area contributed by atoms with Crippen LogP contribution in [0, 0.1) is 20.8 Å². The zero-order chi connectivity index (χ0) is 25.3. The first kappa shape index (κ1) is 24.3. The van der Waals surface area contributed by atoms with Crippen LogP contribution >= 0.6 is 23.2 Å². The summed E-state index contributed by atoms with van der Waals surface area (Å²) in [6, 6.07) is 17.2. The van der Waals surface area contributed by atoms with E-state index >= 15 is 0 Å². The number of nitrogens with one attached hydrogen (secondary N) is 3. The topological polar surface area (TPSA) is 92.2 Å². The first-order valence-corrected chi connectivity index (χ1v) is 11.5. The van der Waals surface area contributed by atoms with E-state index in [4.69, 9.17) is 23.2 Å². The van der Waals surface area contributed by atoms with Gasteiger partial charge in [-0.2, -0.15) is 0 Å². The molecule has 35 heavy (non-hydrogen) atoms. The SMILES string of the molecule is Cc1cc(C)cc(NC(=O)C(=O)Nn2c(C(=O)Nc3cccc(Cl)c3C)cc3cc(Cl)ccc32)c1. The number of carbonyl (C=O) groups excluding carboxylic acids is 3. The number of halogens is 2. The van der Waals surface area contributed by atoms with Crippen LogP contribution in [-0.4, -0.2) is 22.4 Å². The summed E-state index contributed by atoms with van der Waals surface area (Å²) >= 11 is 12.3. The van der Waals surface area contributed by atoms with Crippen LogP contribution in [0.4, 0.5) is 11.4 Å². The highest BCUT2D eigenvalue weighted by molar-refractivity contribution is 6.42. The van der Waals surface area contributed by atoms with E-state index in [1.165, 1.54) is 4.68 Å². The van der Waals surface area contributed by atoms with Crippen LogP contribution in [0.1, 0.15) is 27.2 Å². The molecule has 178 valence electrons. The van der Waals surface area contributed by atoms with E-state index in [1.807, 2.05) is 19.9 Å². The number of fused-ring (bicyclic) bond motifs is 1. The number of aromatic nitrogens is 1. The van der Waals surface area contributed by atoms with Gasteiger partial charge in [0.15, 0.2) is 0 Å². The molecule has 0 spiro atoms. The Hall–Kier alpha value is -3.81. The number of carbonyl (C=O) groups is 3. The van der Waals surface area contributed by atoms with Gasteiger partial charge in [-0.3, -0.25) is 19.8 Å². The van der Waals surface area contributed by atoms with E-state index < -0.39 is 17.7 Å². The molecule has 0 fully saturated rings. The predicted molar refractivity (Wildman–Crippen MR) is 140 cm³/mol. The van der Waals surface area contributed by atoms with Gasteiger partial charge >= 0.3 is 11.8 Å². The molecular formula is C26H22Cl2N4O3. The Morgan fingerprint density at radius 1 is 0.800 bits per heavy atom. The van der Waals surface area contributed by atoms with E-state index in [1.54, 1.807) is 61.5 Å². The van der Waals surface area contributed by atoms with Crippen LogP contribution in [0.2, 0.25) is 10.0 Å². The summed E-state index contributed by atoms with van der Waals surface area (Å²) < 4.78 is 1.27. The van der Waals surface area contributed by atoms with Crippen molar-refractivity contribution < 1.29 is 14.4 Å². The average molecular weight is 509 g/mol. The number of hydrogen-bond donors (Lipinski definition) is 3. The second-order valence-electron chi connectivity index (χ2n) is 8.21. The lowest BCUT2D eigenvalue weighted by Gasteiger charge is -2.14. The number of rotatable bonds is 4. The highest BCUT2D eigenvalue weighted by Crippen LogP contribution is 2.26. The lowest BCUT2D eigenvalue weighted by molar-refractivity contribution is -0.133. The van der Waals surface area contributed by atoms with Gasteiger partial charge in [-0.1, -0.05) is 35.3 Å². The summed E-state index contributed by atoms with van der Waals surface area (Å²) in [6.45, 7) is 5.57. The Morgan fingerprint density at radius 2 is 1.51 bits per heavy atom. The molecule has 0 aliphatic rings. The number of nitrogens with zero attached hydrogens (tertiary/aromatic N) is 1. The summed E-state index contributed by atoms with van der Waals surface area (Å²) in [5.74, 6) is -2.31. The monoisotopic (exact) mass is 508 g/mol. The molecule has 0 bridgehead atoms. The molecule has 7 nitrogen and oxygen atoms in total. The van der Waals surface area contributed by atoms with Gasteiger partial charge < -0.3 is 10.6 Å². The molecule has 3 N–H and O–H groups in total. The quantitative estimate of drug-likeness (QED) is 0.302. The lowest BCUT2D eigenvalue weighted by atomic mass is 10.1. The van der Waals surface area contributed by atoms with Gasteiger partial charge in [-0.05, 0) is 86.0 Å². The molecule has 4 aromatic rings. The third-order valence-electron chi connectivity index (χ3n) is 5.41. The number of aryl methyl sites for hydroxylation is 2. The van der Waals surface area contributed by atoms with Gasteiger partial charge in [0.1, 0.15) is 5.69 Å². The van der Waals surface area contributed by atoms with Crippen molar-refractivity contribution in [2.24, 2.45) is 0 Å². The molecule has 1 aromatic heterocycles. The van der Waals surface area contributed by atoms with Crippen molar-refractivity contribution in [3.05, 3.63) is 93.1 Å². The first-order chi connectivity index (χ1) is 16.6. The maximum absolute atomic E-state index is 13.2. The molecule has 0 saturated carbocycles. The highest BCUT2D eigenvalue weighted by atomic mass is 35.5. The minimum Gasteiger partial charge on any atom is -0.320 e. The third-order valence-corrected chi connectivity index (χ3v) is 6.06. The summed E-state index contributed by atoms with van der Waals surface area (Å²) in [7, 11) is 0. The Morgan fingerprint density at radius 3 is 2.23 bits per heavy atom. The summed E-state index contributed by atoms with van der Waals surface area (Å²) in [5, 5.41) is 6.99. The molecule has 1 heterocycles. The fourth-order valence-electron chi connectivity index (χ4n) is 3.79. The van der Waals surface area contributed by atoms with Crippen molar-refractivity contribution in [2.45, 2.75) is 20.8 Å². The number of hydrogen-bond acceptors (Lipinski definition) is 3. The maximum Gasteiger partial charge on any atom is 0.328 e. The molecule has 4 rings (SSSR count). The molecule has 0 atom stereocenters. The smallest absolute Gasteiger partial charge is 0.320 e. The predicted octanol–water partition coefficient (Wildman–Crippen LogP) is 5.83. The largest absolute Gasteiger partial charge is 0.328 e. The molecule has 0 unspecified atom stereocenters. The normalized spacial score (nSPS) is 10.8. The molecule has 0 radical (unpaired) electrons. The van der Waals surface area contributed by atoms with E-state index in [0.29, 0.717) is 37.9 Å². The molecule has 3 aromatic carbocycles. The fourth-order valence-corrected chi connectivity index (χ4v) is 4.15. The Labute approximate surface area is 212 Å². The number of benzene rings is 3.